The van der Waals surface area contributed by atoms with Crippen LogP contribution in [0.5, 0.6) is 5.75 Å². The number of nitrogens with one attached hydrogen (secondary N) is 3. The molecule has 0 radical (unpaired) electrons. The van der Waals surface area contributed by atoms with Crippen LogP contribution < -0.4 is 15.4 Å². The number of fused-ring (bicyclic) bond motifs is 1. The molecule has 3 rings (SSSR count). The molecule has 2 aromatic carbocycles. The molecule has 0 aliphatic heterocycles. The average Bonchev–Trinajstić information content (AvgIpc) is 3.20. The predicted molar refractivity (Wildman–Crippen MR) is 121 cm³/mol. The summed E-state index contributed by atoms with van der Waals surface area (Å²) in [5, 5.41) is 6.80. The number of aliphatic imine (C=N–C) groups is 1. The summed E-state index contributed by atoms with van der Waals surface area (Å²) < 4.78 is 10.6. The molecule has 1 aromatic heterocycles. The second-order valence-corrected chi connectivity index (χ2v) is 6.87. The van der Waals surface area contributed by atoms with Crippen LogP contribution in [0.15, 0.2) is 53.5 Å². The highest BCUT2D eigenvalue weighted by atomic mass is 16.5. The molecule has 0 saturated carbocycles. The molecule has 0 aliphatic carbocycles. The lowest BCUT2D eigenvalue weighted by Crippen LogP contribution is -2.39. The van der Waals surface area contributed by atoms with E-state index in [1.165, 1.54) is 0 Å². The molecule has 0 bridgehead atoms. The van der Waals surface area contributed by atoms with E-state index < -0.39 is 0 Å². The van der Waals surface area contributed by atoms with Gasteiger partial charge in [0.15, 0.2) is 5.96 Å². The van der Waals surface area contributed by atoms with Crippen LogP contribution in [-0.4, -0.2) is 49.3 Å². The molecule has 0 fully saturated rings. The van der Waals surface area contributed by atoms with Crippen molar-refractivity contribution in [1.29, 1.82) is 0 Å². The third kappa shape index (κ3) is 6.77. The maximum Gasteiger partial charge on any atom is 0.191 e. The highest BCUT2D eigenvalue weighted by molar-refractivity contribution is 5.79. The van der Waals surface area contributed by atoms with Crippen molar-refractivity contribution in [3.05, 3.63) is 59.9 Å². The molecule has 0 atom stereocenters. The fourth-order valence-corrected chi connectivity index (χ4v) is 3.02. The Kier molecular flexibility index (Phi) is 8.53. The quantitative estimate of drug-likeness (QED) is 0.257. The van der Waals surface area contributed by atoms with Crippen molar-refractivity contribution in [1.82, 2.24) is 20.6 Å². The molecule has 160 valence electrons. The number of aromatic amines is 1. The zero-order chi connectivity index (χ0) is 21.0. The first-order chi connectivity index (χ1) is 14.8. The smallest absolute Gasteiger partial charge is 0.191 e. The Hall–Kier alpha value is -3.06. The van der Waals surface area contributed by atoms with Gasteiger partial charge in [0.1, 0.15) is 11.6 Å². The van der Waals surface area contributed by atoms with Gasteiger partial charge in [-0.05, 0) is 43.2 Å². The van der Waals surface area contributed by atoms with Crippen LogP contribution >= 0.6 is 0 Å². The first-order valence-electron chi connectivity index (χ1n) is 10.4. The molecule has 0 aliphatic rings. The fraction of sp³-hybridized carbons (Fsp3) is 0.391. The van der Waals surface area contributed by atoms with Crippen molar-refractivity contribution >= 4 is 17.0 Å². The Morgan fingerprint density at radius 1 is 1.07 bits per heavy atom. The van der Waals surface area contributed by atoms with Crippen LogP contribution in [-0.2, 0) is 17.7 Å². The largest absolute Gasteiger partial charge is 0.497 e. The van der Waals surface area contributed by atoms with Crippen LogP contribution in [0.1, 0.15) is 24.7 Å². The SMILES string of the molecule is CCOCCCNC(=NCc1ccc(OC)cc1)NCCc1nc2ccccc2[nH]1. The van der Waals surface area contributed by atoms with Crippen molar-refractivity contribution in [3.63, 3.8) is 0 Å². The molecule has 0 spiro atoms. The maximum absolute atomic E-state index is 5.41. The summed E-state index contributed by atoms with van der Waals surface area (Å²) in [6.45, 7) is 5.63. The molecule has 3 N–H and O–H groups in total. The molecule has 0 amide bonds. The van der Waals surface area contributed by atoms with Gasteiger partial charge in [0.05, 0.1) is 24.7 Å². The van der Waals surface area contributed by atoms with E-state index in [1.54, 1.807) is 7.11 Å². The second kappa shape index (κ2) is 11.8. The van der Waals surface area contributed by atoms with Gasteiger partial charge in [-0.15, -0.1) is 0 Å². The van der Waals surface area contributed by atoms with Gasteiger partial charge in [0.2, 0.25) is 0 Å². The number of para-hydroxylation sites is 2. The Bertz CT molecular complexity index is 888. The monoisotopic (exact) mass is 409 g/mol. The third-order valence-corrected chi connectivity index (χ3v) is 4.63. The molecule has 0 saturated heterocycles. The van der Waals surface area contributed by atoms with E-state index in [0.717, 1.165) is 73.3 Å². The number of hydrogen-bond acceptors (Lipinski definition) is 4. The number of benzene rings is 2. The van der Waals surface area contributed by atoms with Gasteiger partial charge in [-0.3, -0.25) is 0 Å². The molecule has 0 unspecified atom stereocenters. The normalized spacial score (nSPS) is 11.6. The van der Waals surface area contributed by atoms with Gasteiger partial charge < -0.3 is 25.1 Å². The number of rotatable bonds is 11. The number of ether oxygens (including phenoxy) is 2. The van der Waals surface area contributed by atoms with Gasteiger partial charge in [0.25, 0.3) is 0 Å². The maximum atomic E-state index is 5.41. The molecule has 7 heteroatoms. The van der Waals surface area contributed by atoms with Gasteiger partial charge in [0, 0.05) is 32.7 Å². The van der Waals surface area contributed by atoms with Crippen molar-refractivity contribution in [3.8, 4) is 5.75 Å². The highest BCUT2D eigenvalue weighted by Gasteiger charge is 2.04. The van der Waals surface area contributed by atoms with E-state index in [-0.39, 0.29) is 0 Å². The van der Waals surface area contributed by atoms with Crippen molar-refractivity contribution in [2.24, 2.45) is 4.99 Å². The van der Waals surface area contributed by atoms with E-state index in [1.807, 2.05) is 55.5 Å². The van der Waals surface area contributed by atoms with Crippen molar-refractivity contribution in [2.45, 2.75) is 26.3 Å². The van der Waals surface area contributed by atoms with Crippen LogP contribution in [0.3, 0.4) is 0 Å². The standard InChI is InChI=1S/C23H31N5O2/c1-3-30-16-6-14-24-23(26-17-18-9-11-19(29-2)12-10-18)25-15-13-22-27-20-7-4-5-8-21(20)28-22/h4-5,7-12H,3,6,13-17H2,1-2H3,(H,27,28)(H2,24,25,26). The van der Waals surface area contributed by atoms with Gasteiger partial charge >= 0.3 is 0 Å². The van der Waals surface area contributed by atoms with Crippen LogP contribution in [0.2, 0.25) is 0 Å². The number of aromatic nitrogens is 2. The van der Waals surface area contributed by atoms with Crippen LogP contribution in [0.4, 0.5) is 0 Å². The van der Waals surface area contributed by atoms with Crippen molar-refractivity contribution < 1.29 is 9.47 Å². The van der Waals surface area contributed by atoms with E-state index in [2.05, 4.69) is 20.6 Å². The first-order valence-corrected chi connectivity index (χ1v) is 10.4. The summed E-state index contributed by atoms with van der Waals surface area (Å²) >= 11 is 0. The van der Waals surface area contributed by atoms with E-state index in [0.29, 0.717) is 6.54 Å². The summed E-state index contributed by atoms with van der Waals surface area (Å²) in [5.41, 5.74) is 3.19. The molecular formula is C23H31N5O2. The molecule has 3 aromatic rings. The highest BCUT2D eigenvalue weighted by Crippen LogP contribution is 2.12. The lowest BCUT2D eigenvalue weighted by molar-refractivity contribution is 0.145. The summed E-state index contributed by atoms with van der Waals surface area (Å²) in [6.07, 6.45) is 1.72. The Labute approximate surface area is 177 Å². The Balaban J connectivity index is 1.54. The predicted octanol–water partition coefficient (Wildman–Crippen LogP) is 3.28. The topological polar surface area (TPSA) is 83.6 Å². The number of methoxy groups -OCH3 is 1. The number of H-pyrrole nitrogens is 1. The second-order valence-electron chi connectivity index (χ2n) is 6.87. The van der Waals surface area contributed by atoms with Crippen LogP contribution in [0.25, 0.3) is 11.0 Å². The minimum Gasteiger partial charge on any atom is -0.497 e. The summed E-state index contributed by atoms with van der Waals surface area (Å²) in [7, 11) is 1.67. The lowest BCUT2D eigenvalue weighted by Gasteiger charge is -2.12. The summed E-state index contributed by atoms with van der Waals surface area (Å²) in [4.78, 5) is 12.7. The molecule has 1 heterocycles. The molecular weight excluding hydrogens is 378 g/mol. The zero-order valence-corrected chi connectivity index (χ0v) is 17.8. The number of imidazole rings is 1. The first kappa shape index (κ1) is 21.6. The number of hydrogen-bond donors (Lipinski definition) is 3. The van der Waals surface area contributed by atoms with Gasteiger partial charge in [-0.1, -0.05) is 24.3 Å². The van der Waals surface area contributed by atoms with Crippen LogP contribution in [0, 0.1) is 0 Å². The minimum atomic E-state index is 0.593. The van der Waals surface area contributed by atoms with E-state index in [4.69, 9.17) is 14.5 Å². The number of nitrogens with zero attached hydrogens (tertiary/aromatic N) is 2. The number of guanidine groups is 1. The third-order valence-electron chi connectivity index (χ3n) is 4.63. The molecule has 30 heavy (non-hydrogen) atoms. The van der Waals surface area contributed by atoms with E-state index in [9.17, 15) is 0 Å². The van der Waals surface area contributed by atoms with Gasteiger partial charge in [-0.25, -0.2) is 9.98 Å². The summed E-state index contributed by atoms with van der Waals surface area (Å²) in [5.74, 6) is 2.61. The average molecular weight is 410 g/mol. The van der Waals surface area contributed by atoms with Gasteiger partial charge in [-0.2, -0.15) is 0 Å². The molecule has 7 nitrogen and oxygen atoms in total. The Morgan fingerprint density at radius 2 is 1.87 bits per heavy atom. The van der Waals surface area contributed by atoms with E-state index >= 15 is 0 Å². The minimum absolute atomic E-state index is 0.593. The fourth-order valence-electron chi connectivity index (χ4n) is 3.02. The lowest BCUT2D eigenvalue weighted by atomic mass is 10.2. The van der Waals surface area contributed by atoms with Crippen molar-refractivity contribution in [2.75, 3.05) is 33.4 Å². The summed E-state index contributed by atoms with van der Waals surface area (Å²) in [6, 6.07) is 16.0. The Morgan fingerprint density at radius 3 is 2.63 bits per heavy atom. The zero-order valence-electron chi connectivity index (χ0n) is 17.8.